The summed E-state index contributed by atoms with van der Waals surface area (Å²) >= 11 is 6.18. The molecule has 5 heteroatoms. The van der Waals surface area contributed by atoms with Gasteiger partial charge in [-0.15, -0.1) is 0 Å². The van der Waals surface area contributed by atoms with Crippen molar-refractivity contribution in [1.29, 1.82) is 0 Å². The Morgan fingerprint density at radius 1 is 1.20 bits per heavy atom. The number of aryl methyl sites for hydroxylation is 2. The van der Waals surface area contributed by atoms with Crippen molar-refractivity contribution >= 4 is 17.6 Å². The standard InChI is InChI=1S/C20H24ClNO3/c1-14-10-16(12-22(3)9-8-19(23)24)11-15(2)20(14)25-13-17-6-4-5-7-18(17)21/h4-7,10-11H,8-9,12-13H2,1-3H3,(H,23,24). The van der Waals surface area contributed by atoms with Crippen LogP contribution < -0.4 is 4.74 Å². The lowest BCUT2D eigenvalue weighted by atomic mass is 10.1. The van der Waals surface area contributed by atoms with E-state index >= 15 is 0 Å². The molecule has 2 rings (SSSR count). The van der Waals surface area contributed by atoms with E-state index in [1.54, 1.807) is 0 Å². The van der Waals surface area contributed by atoms with Crippen LogP contribution >= 0.6 is 11.6 Å². The van der Waals surface area contributed by atoms with Gasteiger partial charge in [0.25, 0.3) is 0 Å². The third-order valence-electron chi connectivity index (χ3n) is 4.01. The van der Waals surface area contributed by atoms with Gasteiger partial charge in [0.05, 0.1) is 6.42 Å². The number of ether oxygens (including phenoxy) is 1. The predicted molar refractivity (Wildman–Crippen MR) is 100 cm³/mol. The van der Waals surface area contributed by atoms with Crippen LogP contribution in [0.1, 0.15) is 28.7 Å². The number of hydrogen-bond acceptors (Lipinski definition) is 3. The van der Waals surface area contributed by atoms with Gasteiger partial charge in [0.1, 0.15) is 12.4 Å². The summed E-state index contributed by atoms with van der Waals surface area (Å²) in [5.74, 6) is 0.0967. The summed E-state index contributed by atoms with van der Waals surface area (Å²) < 4.78 is 6.00. The van der Waals surface area contributed by atoms with Crippen molar-refractivity contribution in [3.05, 3.63) is 63.7 Å². The van der Waals surface area contributed by atoms with E-state index < -0.39 is 5.97 Å². The minimum absolute atomic E-state index is 0.146. The maximum atomic E-state index is 10.7. The molecular weight excluding hydrogens is 338 g/mol. The Bertz CT molecular complexity index is 722. The molecule has 0 aromatic heterocycles. The number of aliphatic carboxylic acids is 1. The van der Waals surface area contributed by atoms with Crippen LogP contribution in [0.4, 0.5) is 0 Å². The normalized spacial score (nSPS) is 10.9. The van der Waals surface area contributed by atoms with Crippen molar-refractivity contribution in [3.8, 4) is 5.75 Å². The third kappa shape index (κ3) is 5.76. The molecule has 134 valence electrons. The summed E-state index contributed by atoms with van der Waals surface area (Å²) in [6.07, 6.45) is 0.146. The van der Waals surface area contributed by atoms with Crippen molar-refractivity contribution in [2.75, 3.05) is 13.6 Å². The number of benzene rings is 2. The fourth-order valence-corrected chi connectivity index (χ4v) is 2.99. The summed E-state index contributed by atoms with van der Waals surface area (Å²) in [5, 5.41) is 9.48. The first-order valence-corrected chi connectivity index (χ1v) is 8.61. The number of hydrogen-bond donors (Lipinski definition) is 1. The van der Waals surface area contributed by atoms with Crippen LogP contribution in [-0.4, -0.2) is 29.6 Å². The highest BCUT2D eigenvalue weighted by molar-refractivity contribution is 6.31. The molecule has 2 aromatic rings. The largest absolute Gasteiger partial charge is 0.488 e. The van der Waals surface area contributed by atoms with E-state index in [2.05, 4.69) is 12.1 Å². The number of carbonyl (C=O) groups is 1. The van der Waals surface area contributed by atoms with Gasteiger partial charge in [0.2, 0.25) is 0 Å². The molecule has 2 aromatic carbocycles. The molecule has 0 fully saturated rings. The van der Waals surface area contributed by atoms with Gasteiger partial charge in [-0.25, -0.2) is 0 Å². The predicted octanol–water partition coefficient (Wildman–Crippen LogP) is 4.44. The van der Waals surface area contributed by atoms with Gasteiger partial charge in [-0.05, 0) is 43.7 Å². The lowest BCUT2D eigenvalue weighted by Crippen LogP contribution is -2.21. The Kier molecular flexibility index (Phi) is 6.85. The van der Waals surface area contributed by atoms with Crippen LogP contribution in [0.2, 0.25) is 5.02 Å². The van der Waals surface area contributed by atoms with Crippen LogP contribution in [-0.2, 0) is 17.9 Å². The Morgan fingerprint density at radius 2 is 1.84 bits per heavy atom. The van der Waals surface area contributed by atoms with E-state index in [0.717, 1.165) is 28.0 Å². The average molecular weight is 362 g/mol. The maximum absolute atomic E-state index is 10.7. The minimum atomic E-state index is -0.775. The minimum Gasteiger partial charge on any atom is -0.488 e. The fraction of sp³-hybridized carbons (Fsp3) is 0.350. The molecular formula is C20H24ClNO3. The molecule has 0 saturated heterocycles. The highest BCUT2D eigenvalue weighted by atomic mass is 35.5. The lowest BCUT2D eigenvalue weighted by Gasteiger charge is -2.18. The number of carboxylic acid groups (broad SMARTS) is 1. The van der Waals surface area contributed by atoms with Crippen LogP contribution in [0.15, 0.2) is 36.4 Å². The van der Waals surface area contributed by atoms with Crippen molar-refractivity contribution < 1.29 is 14.6 Å². The topological polar surface area (TPSA) is 49.8 Å². The van der Waals surface area contributed by atoms with Gasteiger partial charge in [-0.2, -0.15) is 0 Å². The van der Waals surface area contributed by atoms with Crippen molar-refractivity contribution in [2.45, 2.75) is 33.4 Å². The second-order valence-electron chi connectivity index (χ2n) is 6.32. The van der Waals surface area contributed by atoms with E-state index in [1.165, 1.54) is 0 Å². The van der Waals surface area contributed by atoms with Gasteiger partial charge in [-0.3, -0.25) is 4.79 Å². The monoisotopic (exact) mass is 361 g/mol. The van der Waals surface area contributed by atoms with Crippen molar-refractivity contribution in [3.63, 3.8) is 0 Å². The Labute approximate surface area is 154 Å². The number of rotatable bonds is 8. The zero-order valence-corrected chi connectivity index (χ0v) is 15.6. The smallest absolute Gasteiger partial charge is 0.304 e. The molecule has 0 atom stereocenters. The molecule has 0 aliphatic carbocycles. The number of halogens is 1. The van der Waals surface area contributed by atoms with Gasteiger partial charge in [0, 0.05) is 23.7 Å². The summed E-state index contributed by atoms with van der Waals surface area (Å²) in [6, 6.07) is 11.8. The van der Waals surface area contributed by atoms with Gasteiger partial charge in [-0.1, -0.05) is 41.9 Å². The first-order valence-electron chi connectivity index (χ1n) is 8.23. The molecule has 4 nitrogen and oxygen atoms in total. The molecule has 0 aliphatic heterocycles. The third-order valence-corrected chi connectivity index (χ3v) is 4.38. The van der Waals surface area contributed by atoms with E-state index in [4.69, 9.17) is 21.4 Å². The van der Waals surface area contributed by atoms with Crippen LogP contribution in [0.5, 0.6) is 5.75 Å². The molecule has 0 radical (unpaired) electrons. The van der Waals surface area contributed by atoms with Crippen LogP contribution in [0.3, 0.4) is 0 Å². The second kappa shape index (κ2) is 8.88. The molecule has 25 heavy (non-hydrogen) atoms. The molecule has 0 heterocycles. The van der Waals surface area contributed by atoms with Crippen molar-refractivity contribution in [2.24, 2.45) is 0 Å². The molecule has 0 saturated carbocycles. The second-order valence-corrected chi connectivity index (χ2v) is 6.73. The van der Waals surface area contributed by atoms with Crippen molar-refractivity contribution in [1.82, 2.24) is 4.90 Å². The zero-order chi connectivity index (χ0) is 18.4. The molecule has 0 amide bonds. The molecule has 0 spiro atoms. The van der Waals surface area contributed by atoms with Crippen LogP contribution in [0, 0.1) is 13.8 Å². The van der Waals surface area contributed by atoms with E-state index in [-0.39, 0.29) is 6.42 Å². The first-order chi connectivity index (χ1) is 11.9. The van der Waals surface area contributed by atoms with E-state index in [1.807, 2.05) is 50.1 Å². The molecule has 1 N–H and O–H groups in total. The molecule has 0 bridgehead atoms. The first kappa shape index (κ1) is 19.3. The molecule has 0 aliphatic rings. The van der Waals surface area contributed by atoms with Gasteiger partial charge < -0.3 is 14.7 Å². The summed E-state index contributed by atoms with van der Waals surface area (Å²) in [6.45, 7) is 5.71. The summed E-state index contributed by atoms with van der Waals surface area (Å²) in [7, 11) is 1.93. The van der Waals surface area contributed by atoms with Gasteiger partial charge >= 0.3 is 5.97 Å². The van der Waals surface area contributed by atoms with E-state index in [0.29, 0.717) is 24.7 Å². The Morgan fingerprint density at radius 3 is 2.44 bits per heavy atom. The van der Waals surface area contributed by atoms with Crippen LogP contribution in [0.25, 0.3) is 0 Å². The SMILES string of the molecule is Cc1cc(CN(C)CCC(=O)O)cc(C)c1OCc1ccccc1Cl. The fourth-order valence-electron chi connectivity index (χ4n) is 2.80. The summed E-state index contributed by atoms with van der Waals surface area (Å²) in [5.41, 5.74) is 4.23. The highest BCUT2D eigenvalue weighted by Crippen LogP contribution is 2.27. The quantitative estimate of drug-likeness (QED) is 0.755. The number of carboxylic acids is 1. The lowest BCUT2D eigenvalue weighted by molar-refractivity contribution is -0.137. The maximum Gasteiger partial charge on any atom is 0.304 e. The zero-order valence-electron chi connectivity index (χ0n) is 14.9. The average Bonchev–Trinajstić information content (AvgIpc) is 2.53. The Balaban J connectivity index is 2.04. The Hall–Kier alpha value is -2.04. The molecule has 0 unspecified atom stereocenters. The highest BCUT2D eigenvalue weighted by Gasteiger charge is 2.10. The summed E-state index contributed by atoms with van der Waals surface area (Å²) in [4.78, 5) is 12.7. The van der Waals surface area contributed by atoms with Gasteiger partial charge in [0.15, 0.2) is 0 Å². The number of nitrogens with zero attached hydrogens (tertiary/aromatic N) is 1. The van der Waals surface area contributed by atoms with E-state index in [9.17, 15) is 4.79 Å².